The van der Waals surface area contributed by atoms with Crippen LogP contribution in [0, 0.1) is 11.8 Å². The Morgan fingerprint density at radius 2 is 2.12 bits per heavy atom. The first-order valence-corrected chi connectivity index (χ1v) is 9.66. The van der Waals surface area contributed by atoms with Crippen molar-refractivity contribution in [3.63, 3.8) is 0 Å². The molecule has 2 bridgehead atoms. The minimum absolute atomic E-state index is 0.0275. The number of ether oxygens (including phenoxy) is 2. The molecule has 0 aromatic rings. The summed E-state index contributed by atoms with van der Waals surface area (Å²) in [5, 5.41) is 21.8. The number of allylic oxidation sites excluding steroid dienone is 2. The average molecular weight is 366 g/mol. The molecule has 5 heteroatoms. The van der Waals surface area contributed by atoms with Gasteiger partial charge in [0, 0.05) is 11.5 Å². The number of hydrogen-bond acceptors (Lipinski definition) is 5. The van der Waals surface area contributed by atoms with E-state index in [1.807, 2.05) is 13.8 Å². The Bertz CT molecular complexity index is 555. The molecule has 5 nitrogen and oxygen atoms in total. The Hall–Kier alpha value is -1.17. The van der Waals surface area contributed by atoms with Crippen LogP contribution in [0.4, 0.5) is 0 Å². The molecule has 2 aliphatic heterocycles. The van der Waals surface area contributed by atoms with Gasteiger partial charge in [-0.3, -0.25) is 0 Å². The molecule has 0 spiro atoms. The second-order valence-corrected chi connectivity index (χ2v) is 8.22. The lowest BCUT2D eigenvalue weighted by Crippen LogP contribution is -2.57. The zero-order chi connectivity index (χ0) is 19.5. The van der Waals surface area contributed by atoms with Gasteiger partial charge in [-0.2, -0.15) is 0 Å². The molecule has 6 atom stereocenters. The Morgan fingerprint density at radius 3 is 2.77 bits per heavy atom. The fourth-order valence-electron chi connectivity index (χ4n) is 4.16. The number of carbonyl (C=O) groups is 1. The van der Waals surface area contributed by atoms with Crippen molar-refractivity contribution in [2.75, 3.05) is 7.11 Å². The van der Waals surface area contributed by atoms with E-state index in [9.17, 15) is 15.0 Å². The van der Waals surface area contributed by atoms with Gasteiger partial charge < -0.3 is 19.7 Å². The molecule has 0 saturated carbocycles. The van der Waals surface area contributed by atoms with Crippen molar-refractivity contribution in [1.82, 2.24) is 0 Å². The summed E-state index contributed by atoms with van der Waals surface area (Å²) in [7, 11) is 1.31. The van der Waals surface area contributed by atoms with E-state index in [0.29, 0.717) is 12.8 Å². The summed E-state index contributed by atoms with van der Waals surface area (Å²) in [6.07, 6.45) is 4.91. The van der Waals surface area contributed by atoms with Crippen molar-refractivity contribution in [1.29, 1.82) is 0 Å². The molecule has 1 saturated heterocycles. The third-order valence-electron chi connectivity index (χ3n) is 6.16. The van der Waals surface area contributed by atoms with Crippen LogP contribution in [0.25, 0.3) is 0 Å². The van der Waals surface area contributed by atoms with Gasteiger partial charge in [-0.15, -0.1) is 0 Å². The maximum atomic E-state index is 12.0. The van der Waals surface area contributed by atoms with Crippen LogP contribution >= 0.6 is 0 Å². The Morgan fingerprint density at radius 1 is 1.42 bits per heavy atom. The van der Waals surface area contributed by atoms with Crippen molar-refractivity contribution < 1.29 is 24.5 Å². The summed E-state index contributed by atoms with van der Waals surface area (Å²) in [5.74, 6) is -0.943. The minimum Gasteiger partial charge on any atom is -0.466 e. The topological polar surface area (TPSA) is 76.0 Å². The second kappa shape index (κ2) is 8.68. The molecular formula is C21H34O5. The van der Waals surface area contributed by atoms with Crippen molar-refractivity contribution in [3.8, 4) is 0 Å². The number of carbonyl (C=O) groups excluding carboxylic acids is 1. The third-order valence-corrected chi connectivity index (χ3v) is 6.16. The molecule has 1 unspecified atom stereocenters. The summed E-state index contributed by atoms with van der Waals surface area (Å²) >= 11 is 0. The maximum absolute atomic E-state index is 12.0. The standard InChI is InChI=1S/C21H34O5/c1-13-8-6-10-14(2)18(23)19-16(15(3)20(24)25-5)12-17(22)21(4,26-19)11-7-9-13/h9,14,16-19,22-23H,3,6-8,10-12H2,1-2,4-5H3/b13-9+/t14-,16-,17+,18-,19?,21-/m0/s1. The van der Waals surface area contributed by atoms with Crippen LogP contribution in [0.15, 0.2) is 23.8 Å². The zero-order valence-electron chi connectivity index (χ0n) is 16.5. The largest absolute Gasteiger partial charge is 0.466 e. The van der Waals surface area contributed by atoms with E-state index in [4.69, 9.17) is 9.47 Å². The molecule has 2 rings (SSSR count). The molecular weight excluding hydrogens is 332 g/mol. The van der Waals surface area contributed by atoms with Gasteiger partial charge in [0.2, 0.25) is 0 Å². The maximum Gasteiger partial charge on any atom is 0.333 e. The van der Waals surface area contributed by atoms with Gasteiger partial charge >= 0.3 is 5.97 Å². The second-order valence-electron chi connectivity index (χ2n) is 8.22. The Balaban J connectivity index is 2.34. The number of rotatable bonds is 2. The van der Waals surface area contributed by atoms with Crippen LogP contribution in [0.3, 0.4) is 0 Å². The Kier molecular flexibility index (Phi) is 7.05. The van der Waals surface area contributed by atoms with E-state index in [2.05, 4.69) is 19.6 Å². The van der Waals surface area contributed by atoms with Gasteiger partial charge in [-0.1, -0.05) is 25.2 Å². The summed E-state index contributed by atoms with van der Waals surface area (Å²) in [6.45, 7) is 9.91. The number of esters is 1. The monoisotopic (exact) mass is 366 g/mol. The highest BCUT2D eigenvalue weighted by Crippen LogP contribution is 2.42. The van der Waals surface area contributed by atoms with Gasteiger partial charge in [0.05, 0.1) is 31.0 Å². The van der Waals surface area contributed by atoms with Crippen molar-refractivity contribution in [2.24, 2.45) is 11.8 Å². The van der Waals surface area contributed by atoms with Gasteiger partial charge in [-0.05, 0) is 58.3 Å². The number of hydrogen-bond donors (Lipinski definition) is 2. The highest BCUT2D eigenvalue weighted by molar-refractivity contribution is 5.88. The summed E-state index contributed by atoms with van der Waals surface area (Å²) < 4.78 is 11.1. The van der Waals surface area contributed by atoms with E-state index in [-0.39, 0.29) is 11.5 Å². The van der Waals surface area contributed by atoms with E-state index >= 15 is 0 Å². The molecule has 1 fully saturated rings. The fourth-order valence-corrected chi connectivity index (χ4v) is 4.16. The van der Waals surface area contributed by atoms with Gasteiger partial charge in [0.25, 0.3) is 0 Å². The predicted octanol–water partition coefficient (Wildman–Crippen LogP) is 3.15. The number of fused-ring (bicyclic) bond motifs is 2. The van der Waals surface area contributed by atoms with Crippen LogP contribution in [0.1, 0.15) is 59.3 Å². The highest BCUT2D eigenvalue weighted by atomic mass is 16.5. The lowest BCUT2D eigenvalue weighted by Gasteiger charge is -2.49. The molecule has 2 aliphatic rings. The molecule has 0 aromatic carbocycles. The minimum atomic E-state index is -0.756. The van der Waals surface area contributed by atoms with Crippen LogP contribution in [0.2, 0.25) is 0 Å². The van der Waals surface area contributed by atoms with Gasteiger partial charge in [0.1, 0.15) is 0 Å². The summed E-state index contributed by atoms with van der Waals surface area (Å²) in [4.78, 5) is 12.0. The van der Waals surface area contributed by atoms with Crippen molar-refractivity contribution >= 4 is 5.97 Å². The van der Waals surface area contributed by atoms with Gasteiger partial charge in [-0.25, -0.2) is 4.79 Å². The number of aliphatic hydroxyl groups excluding tert-OH is 2. The summed E-state index contributed by atoms with van der Waals surface area (Å²) in [5.41, 5.74) is 0.844. The normalized spacial score (nSPS) is 41.2. The third kappa shape index (κ3) is 4.56. The first kappa shape index (κ1) is 21.1. The zero-order valence-corrected chi connectivity index (χ0v) is 16.5. The molecule has 0 aromatic heterocycles. The van der Waals surface area contributed by atoms with Crippen LogP contribution < -0.4 is 0 Å². The molecule has 0 amide bonds. The number of aliphatic hydroxyl groups is 2. The van der Waals surface area contributed by atoms with E-state index in [1.165, 1.54) is 12.7 Å². The van der Waals surface area contributed by atoms with E-state index < -0.39 is 35.8 Å². The first-order valence-electron chi connectivity index (χ1n) is 9.66. The van der Waals surface area contributed by atoms with Gasteiger partial charge in [0.15, 0.2) is 0 Å². The lowest BCUT2D eigenvalue weighted by molar-refractivity contribution is -0.229. The van der Waals surface area contributed by atoms with Crippen LogP contribution in [-0.4, -0.2) is 47.2 Å². The molecule has 0 aliphatic carbocycles. The van der Waals surface area contributed by atoms with Crippen LogP contribution in [0.5, 0.6) is 0 Å². The molecule has 148 valence electrons. The van der Waals surface area contributed by atoms with Crippen molar-refractivity contribution in [3.05, 3.63) is 23.8 Å². The average Bonchev–Trinajstić information content (AvgIpc) is 2.60. The smallest absolute Gasteiger partial charge is 0.333 e. The molecule has 0 radical (unpaired) electrons. The van der Waals surface area contributed by atoms with Crippen LogP contribution in [-0.2, 0) is 14.3 Å². The van der Waals surface area contributed by atoms with E-state index in [0.717, 1.165) is 25.7 Å². The van der Waals surface area contributed by atoms with E-state index in [1.54, 1.807) is 0 Å². The molecule has 2 heterocycles. The first-order chi connectivity index (χ1) is 12.2. The highest BCUT2D eigenvalue weighted by Gasteiger charge is 2.49. The molecule has 26 heavy (non-hydrogen) atoms. The predicted molar refractivity (Wildman–Crippen MR) is 101 cm³/mol. The molecule has 2 N–H and O–H groups in total. The van der Waals surface area contributed by atoms with Crippen molar-refractivity contribution in [2.45, 2.75) is 83.2 Å². The quantitative estimate of drug-likeness (QED) is 0.446. The lowest BCUT2D eigenvalue weighted by atomic mass is 9.74. The Labute approximate surface area is 157 Å². The number of methoxy groups -OCH3 is 1. The SMILES string of the molecule is C=C(C(=O)OC)[C@@H]1C[C@@H](O)[C@]2(C)CC/C=C(\C)CCC[C@H](C)[C@H](O)C1O2. The summed E-state index contributed by atoms with van der Waals surface area (Å²) in [6, 6.07) is 0. The fraction of sp³-hybridized carbons (Fsp3) is 0.762.